The Labute approximate surface area is 117 Å². The topological polar surface area (TPSA) is 12.0 Å². The normalized spacial score (nSPS) is 10.6. The van der Waals surface area contributed by atoms with Crippen molar-refractivity contribution in [1.82, 2.24) is 0 Å². The van der Waals surface area contributed by atoms with Crippen LogP contribution in [0.3, 0.4) is 0 Å². The van der Waals surface area contributed by atoms with Crippen LogP contribution in [-0.4, -0.2) is 0 Å². The highest BCUT2D eigenvalue weighted by atomic mass is 79.9. The van der Waals surface area contributed by atoms with Crippen molar-refractivity contribution in [2.24, 2.45) is 0 Å². The molecule has 0 unspecified atom stereocenters. The van der Waals surface area contributed by atoms with Crippen LogP contribution in [-0.2, 0) is 6.54 Å². The van der Waals surface area contributed by atoms with Crippen LogP contribution in [0.15, 0.2) is 34.8 Å². The van der Waals surface area contributed by atoms with E-state index < -0.39 is 11.6 Å². The predicted octanol–water partition coefficient (Wildman–Crippen LogP) is 4.79. The summed E-state index contributed by atoms with van der Waals surface area (Å²) < 4.78 is 39.4. The van der Waals surface area contributed by atoms with Crippen molar-refractivity contribution >= 4 is 21.6 Å². The largest absolute Gasteiger partial charge is 0.381 e. The number of aryl methyl sites for hydroxylation is 1. The van der Waals surface area contributed by atoms with Gasteiger partial charge in [0.2, 0.25) is 0 Å². The smallest absolute Gasteiger partial charge is 0.159 e. The Hall–Kier alpha value is -1.49. The molecule has 5 heteroatoms. The van der Waals surface area contributed by atoms with Gasteiger partial charge < -0.3 is 5.32 Å². The first kappa shape index (κ1) is 13.9. The minimum atomic E-state index is -0.878. The van der Waals surface area contributed by atoms with Crippen LogP contribution in [0.5, 0.6) is 0 Å². The van der Waals surface area contributed by atoms with E-state index in [-0.39, 0.29) is 5.82 Å². The summed E-state index contributed by atoms with van der Waals surface area (Å²) in [6.45, 7) is 2.10. The lowest BCUT2D eigenvalue weighted by Crippen LogP contribution is -2.02. The van der Waals surface area contributed by atoms with Crippen LogP contribution in [0, 0.1) is 24.4 Å². The molecule has 1 N–H and O–H groups in total. The van der Waals surface area contributed by atoms with Crippen LogP contribution in [0.4, 0.5) is 18.9 Å². The van der Waals surface area contributed by atoms with Crippen molar-refractivity contribution in [3.63, 3.8) is 0 Å². The van der Waals surface area contributed by atoms with E-state index in [1.165, 1.54) is 12.1 Å². The Morgan fingerprint density at radius 3 is 2.42 bits per heavy atom. The molecule has 2 aromatic carbocycles. The fraction of sp³-hybridized carbons (Fsp3) is 0.143. The molecular formula is C14H11BrF3N. The van der Waals surface area contributed by atoms with Gasteiger partial charge >= 0.3 is 0 Å². The molecule has 0 bridgehead atoms. The minimum absolute atomic E-state index is 0.329. The highest BCUT2D eigenvalue weighted by molar-refractivity contribution is 9.10. The Morgan fingerprint density at radius 2 is 1.74 bits per heavy atom. The lowest BCUT2D eigenvalue weighted by atomic mass is 10.1. The van der Waals surface area contributed by atoms with Gasteiger partial charge in [0, 0.05) is 12.2 Å². The summed E-state index contributed by atoms with van der Waals surface area (Å²) >= 11 is 3.10. The number of benzene rings is 2. The van der Waals surface area contributed by atoms with Gasteiger partial charge in [0.15, 0.2) is 11.6 Å². The lowest BCUT2D eigenvalue weighted by Gasteiger charge is -2.11. The molecule has 0 saturated carbocycles. The Morgan fingerprint density at radius 1 is 1.00 bits per heavy atom. The van der Waals surface area contributed by atoms with Gasteiger partial charge in [0.05, 0.1) is 4.47 Å². The predicted molar refractivity (Wildman–Crippen MR) is 72.5 cm³/mol. The van der Waals surface area contributed by atoms with Gasteiger partial charge in [-0.25, -0.2) is 13.2 Å². The van der Waals surface area contributed by atoms with Gasteiger partial charge in [-0.3, -0.25) is 0 Å². The molecule has 0 saturated heterocycles. The highest BCUT2D eigenvalue weighted by Crippen LogP contribution is 2.24. The van der Waals surface area contributed by atoms with Crippen LogP contribution in [0.1, 0.15) is 11.1 Å². The molecule has 0 radical (unpaired) electrons. The number of hydrogen-bond acceptors (Lipinski definition) is 1. The van der Waals surface area contributed by atoms with Gasteiger partial charge in [-0.15, -0.1) is 0 Å². The van der Waals surface area contributed by atoms with E-state index in [2.05, 4.69) is 21.2 Å². The molecule has 0 aliphatic carbocycles. The maximum absolute atomic E-state index is 13.3. The quantitative estimate of drug-likeness (QED) is 0.853. The summed E-state index contributed by atoms with van der Waals surface area (Å²) in [4.78, 5) is 0. The Balaban J connectivity index is 2.14. The second kappa shape index (κ2) is 5.65. The first-order valence-corrected chi connectivity index (χ1v) is 6.40. The molecule has 0 heterocycles. The zero-order valence-electron chi connectivity index (χ0n) is 10.1. The molecule has 0 aliphatic heterocycles. The van der Waals surface area contributed by atoms with Gasteiger partial charge in [-0.05, 0) is 58.2 Å². The molecule has 0 spiro atoms. The standard InChI is InChI=1S/C14H11BrF3N/c1-8-4-12(17)10(15)6-14(8)19-7-9-2-3-11(16)13(18)5-9/h2-6,19H,7H2,1H3. The van der Waals surface area contributed by atoms with Crippen LogP contribution in [0.2, 0.25) is 0 Å². The molecule has 0 amide bonds. The lowest BCUT2D eigenvalue weighted by molar-refractivity contribution is 0.507. The third kappa shape index (κ3) is 3.29. The fourth-order valence-corrected chi connectivity index (χ4v) is 2.03. The molecule has 0 aliphatic rings. The van der Waals surface area contributed by atoms with Gasteiger partial charge in [0.25, 0.3) is 0 Å². The summed E-state index contributed by atoms with van der Waals surface area (Å²) in [6, 6.07) is 6.73. The van der Waals surface area contributed by atoms with E-state index in [9.17, 15) is 13.2 Å². The molecule has 2 rings (SSSR count). The number of nitrogens with one attached hydrogen (secondary N) is 1. The second-order valence-electron chi connectivity index (χ2n) is 4.18. The van der Waals surface area contributed by atoms with Crippen molar-refractivity contribution in [1.29, 1.82) is 0 Å². The zero-order chi connectivity index (χ0) is 14.0. The molecule has 19 heavy (non-hydrogen) atoms. The van der Waals surface area contributed by atoms with E-state index in [4.69, 9.17) is 0 Å². The summed E-state index contributed by atoms with van der Waals surface area (Å²) in [5.74, 6) is -2.09. The van der Waals surface area contributed by atoms with Crippen molar-refractivity contribution in [2.45, 2.75) is 13.5 Å². The van der Waals surface area contributed by atoms with Crippen LogP contribution in [0.25, 0.3) is 0 Å². The number of halogens is 4. The maximum Gasteiger partial charge on any atom is 0.159 e. The van der Waals surface area contributed by atoms with Gasteiger partial charge in [-0.2, -0.15) is 0 Å². The van der Waals surface area contributed by atoms with E-state index in [0.717, 1.165) is 23.4 Å². The van der Waals surface area contributed by atoms with E-state index in [1.807, 2.05) is 0 Å². The second-order valence-corrected chi connectivity index (χ2v) is 5.04. The van der Waals surface area contributed by atoms with Gasteiger partial charge in [0.1, 0.15) is 5.82 Å². The molecule has 2 aromatic rings. The van der Waals surface area contributed by atoms with E-state index >= 15 is 0 Å². The van der Waals surface area contributed by atoms with E-state index in [0.29, 0.717) is 16.6 Å². The molecule has 100 valence electrons. The summed E-state index contributed by atoms with van der Waals surface area (Å²) in [6.07, 6.45) is 0. The average Bonchev–Trinajstić information content (AvgIpc) is 2.36. The summed E-state index contributed by atoms with van der Waals surface area (Å²) in [5, 5.41) is 3.06. The minimum Gasteiger partial charge on any atom is -0.381 e. The highest BCUT2D eigenvalue weighted by Gasteiger charge is 2.06. The van der Waals surface area contributed by atoms with Crippen LogP contribution < -0.4 is 5.32 Å². The number of anilines is 1. The summed E-state index contributed by atoms with van der Waals surface area (Å²) in [7, 11) is 0. The molecule has 0 fully saturated rings. The molecular weight excluding hydrogens is 319 g/mol. The fourth-order valence-electron chi connectivity index (χ4n) is 1.68. The number of hydrogen-bond donors (Lipinski definition) is 1. The third-order valence-corrected chi connectivity index (χ3v) is 3.34. The van der Waals surface area contributed by atoms with Crippen molar-refractivity contribution < 1.29 is 13.2 Å². The first-order chi connectivity index (χ1) is 8.97. The Kier molecular flexibility index (Phi) is 4.14. The first-order valence-electron chi connectivity index (χ1n) is 5.61. The molecule has 0 atom stereocenters. The number of rotatable bonds is 3. The third-order valence-electron chi connectivity index (χ3n) is 2.73. The summed E-state index contributed by atoms with van der Waals surface area (Å²) in [5.41, 5.74) is 2.08. The van der Waals surface area contributed by atoms with E-state index in [1.54, 1.807) is 13.0 Å². The monoisotopic (exact) mass is 329 g/mol. The van der Waals surface area contributed by atoms with Crippen molar-refractivity contribution in [2.75, 3.05) is 5.32 Å². The van der Waals surface area contributed by atoms with Crippen LogP contribution >= 0.6 is 15.9 Å². The SMILES string of the molecule is Cc1cc(F)c(Br)cc1NCc1ccc(F)c(F)c1. The maximum atomic E-state index is 13.3. The molecule has 0 aromatic heterocycles. The Bertz CT molecular complexity index is 614. The van der Waals surface area contributed by atoms with Crippen molar-refractivity contribution in [3.05, 3.63) is 63.4 Å². The van der Waals surface area contributed by atoms with Gasteiger partial charge in [-0.1, -0.05) is 6.07 Å². The van der Waals surface area contributed by atoms with Crippen molar-refractivity contribution in [3.8, 4) is 0 Å². The molecule has 1 nitrogen and oxygen atoms in total. The zero-order valence-corrected chi connectivity index (χ0v) is 11.7. The average molecular weight is 330 g/mol.